The topological polar surface area (TPSA) is 45.4 Å². The number of hydrogen-bond acceptors (Lipinski definition) is 3. The quantitative estimate of drug-likeness (QED) is 0.774. The van der Waals surface area contributed by atoms with Gasteiger partial charge in [0.25, 0.3) is 0 Å². The second-order valence-corrected chi connectivity index (χ2v) is 4.26. The molecule has 3 heteroatoms. The van der Waals surface area contributed by atoms with Gasteiger partial charge in [-0.3, -0.25) is 0 Å². The number of aryl methyl sites for hydroxylation is 1. The van der Waals surface area contributed by atoms with E-state index in [0.717, 1.165) is 11.5 Å². The van der Waals surface area contributed by atoms with Crippen molar-refractivity contribution in [3.8, 4) is 0 Å². The number of furan rings is 1. The van der Waals surface area contributed by atoms with E-state index in [4.69, 9.17) is 4.42 Å². The zero-order chi connectivity index (χ0) is 10.8. The molecule has 14 heavy (non-hydrogen) atoms. The Morgan fingerprint density at radius 1 is 1.50 bits per heavy atom. The maximum atomic E-state index is 9.47. The van der Waals surface area contributed by atoms with Crippen molar-refractivity contribution in [1.29, 1.82) is 0 Å². The highest BCUT2D eigenvalue weighted by molar-refractivity contribution is 5.05. The lowest BCUT2D eigenvalue weighted by atomic mass is 9.99. The van der Waals surface area contributed by atoms with Gasteiger partial charge in [-0.05, 0) is 39.8 Å². The van der Waals surface area contributed by atoms with Gasteiger partial charge in [0.1, 0.15) is 11.5 Å². The average Bonchev–Trinajstić information content (AvgIpc) is 2.48. The third kappa shape index (κ3) is 2.86. The summed E-state index contributed by atoms with van der Waals surface area (Å²) in [5.41, 5.74) is -0.291. The first-order chi connectivity index (χ1) is 6.42. The summed E-state index contributed by atoms with van der Waals surface area (Å²) >= 11 is 0. The molecule has 0 spiro atoms. The molecule has 0 saturated carbocycles. The van der Waals surface area contributed by atoms with E-state index in [0.29, 0.717) is 6.54 Å². The summed E-state index contributed by atoms with van der Waals surface area (Å²) in [5.74, 6) is 1.81. The molecule has 0 aromatic carbocycles. The van der Waals surface area contributed by atoms with Crippen LogP contribution in [0.4, 0.5) is 0 Å². The zero-order valence-corrected chi connectivity index (χ0v) is 9.29. The molecule has 1 atom stereocenters. The number of aliphatic hydroxyl groups is 1. The minimum absolute atomic E-state index is 0.291. The minimum Gasteiger partial charge on any atom is -0.465 e. The predicted octanol–water partition coefficient (Wildman–Crippen LogP) is 1.84. The van der Waals surface area contributed by atoms with Gasteiger partial charge < -0.3 is 14.8 Å². The normalized spacial score (nSPS) is 14.4. The van der Waals surface area contributed by atoms with Gasteiger partial charge in [0.05, 0.1) is 12.6 Å². The molecule has 2 N–H and O–H groups in total. The smallest absolute Gasteiger partial charge is 0.117 e. The van der Waals surface area contributed by atoms with Gasteiger partial charge in [0, 0.05) is 5.54 Å². The molecular weight excluding hydrogens is 178 g/mol. The summed E-state index contributed by atoms with van der Waals surface area (Å²) in [5, 5.41) is 12.7. The minimum atomic E-state index is -0.390. The third-order valence-electron chi connectivity index (χ3n) is 2.56. The number of hydrogen-bond donors (Lipinski definition) is 2. The summed E-state index contributed by atoms with van der Waals surface area (Å²) in [6.45, 7) is 8.27. The molecule has 0 saturated heterocycles. The van der Waals surface area contributed by atoms with Crippen LogP contribution in [-0.4, -0.2) is 16.7 Å². The highest BCUT2D eigenvalue weighted by Gasteiger charge is 2.23. The van der Waals surface area contributed by atoms with Crippen LogP contribution in [0.15, 0.2) is 16.5 Å². The molecule has 0 aliphatic rings. The van der Waals surface area contributed by atoms with Crippen LogP contribution in [-0.2, 0) is 6.54 Å². The summed E-state index contributed by atoms with van der Waals surface area (Å²) in [7, 11) is 0. The Labute approximate surface area is 85.1 Å². The molecule has 0 radical (unpaired) electrons. The van der Waals surface area contributed by atoms with Gasteiger partial charge >= 0.3 is 0 Å². The van der Waals surface area contributed by atoms with Crippen molar-refractivity contribution in [2.75, 3.05) is 0 Å². The molecule has 1 unspecified atom stereocenters. The molecular formula is C11H19NO2. The van der Waals surface area contributed by atoms with Crippen LogP contribution in [0.2, 0.25) is 0 Å². The van der Waals surface area contributed by atoms with Crippen LogP contribution in [0, 0.1) is 6.92 Å². The summed E-state index contributed by atoms with van der Waals surface area (Å²) in [4.78, 5) is 0. The Kier molecular flexibility index (Phi) is 3.34. The van der Waals surface area contributed by atoms with Gasteiger partial charge in [-0.25, -0.2) is 0 Å². The van der Waals surface area contributed by atoms with E-state index in [-0.39, 0.29) is 5.54 Å². The Bertz CT molecular complexity index is 289. The van der Waals surface area contributed by atoms with E-state index in [9.17, 15) is 5.11 Å². The third-order valence-corrected chi connectivity index (χ3v) is 2.56. The monoisotopic (exact) mass is 197 g/mol. The molecule has 0 amide bonds. The zero-order valence-electron chi connectivity index (χ0n) is 9.29. The second-order valence-electron chi connectivity index (χ2n) is 4.26. The first-order valence-electron chi connectivity index (χ1n) is 4.90. The molecule has 3 nitrogen and oxygen atoms in total. The van der Waals surface area contributed by atoms with Gasteiger partial charge in [-0.15, -0.1) is 0 Å². The summed E-state index contributed by atoms with van der Waals surface area (Å²) in [6, 6.07) is 3.88. The summed E-state index contributed by atoms with van der Waals surface area (Å²) in [6.07, 6.45) is -0.390. The molecule has 0 aliphatic carbocycles. The van der Waals surface area contributed by atoms with Crippen LogP contribution < -0.4 is 5.32 Å². The van der Waals surface area contributed by atoms with Gasteiger partial charge in [-0.2, -0.15) is 0 Å². The molecule has 1 aromatic heterocycles. The second kappa shape index (κ2) is 4.15. The standard InChI is InChI=1S/C11H19NO2/c1-8-5-6-10(14-8)7-12-11(3,4)9(2)13/h5-6,9,12-13H,7H2,1-4H3. The first-order valence-corrected chi connectivity index (χ1v) is 4.90. The molecule has 0 fully saturated rings. The number of rotatable bonds is 4. The van der Waals surface area contributed by atoms with E-state index in [1.807, 2.05) is 32.9 Å². The number of aliphatic hydroxyl groups excluding tert-OH is 1. The Morgan fingerprint density at radius 3 is 2.57 bits per heavy atom. The van der Waals surface area contributed by atoms with Crippen LogP contribution in [0.25, 0.3) is 0 Å². The van der Waals surface area contributed by atoms with E-state index in [2.05, 4.69) is 5.32 Å². The SMILES string of the molecule is Cc1ccc(CNC(C)(C)C(C)O)o1. The van der Waals surface area contributed by atoms with E-state index >= 15 is 0 Å². The van der Waals surface area contributed by atoms with Crippen molar-refractivity contribution in [3.63, 3.8) is 0 Å². The Morgan fingerprint density at radius 2 is 2.14 bits per heavy atom. The van der Waals surface area contributed by atoms with Gasteiger partial charge in [0.15, 0.2) is 0 Å². The lowest BCUT2D eigenvalue weighted by molar-refractivity contribution is 0.0942. The van der Waals surface area contributed by atoms with E-state index < -0.39 is 6.10 Å². The molecule has 0 aliphatic heterocycles. The van der Waals surface area contributed by atoms with Crippen molar-refractivity contribution in [2.24, 2.45) is 0 Å². The average molecular weight is 197 g/mol. The lowest BCUT2D eigenvalue weighted by Crippen LogP contribution is -2.47. The van der Waals surface area contributed by atoms with Crippen LogP contribution in [0.5, 0.6) is 0 Å². The van der Waals surface area contributed by atoms with Crippen LogP contribution in [0.3, 0.4) is 0 Å². The van der Waals surface area contributed by atoms with E-state index in [1.165, 1.54) is 0 Å². The van der Waals surface area contributed by atoms with Crippen molar-refractivity contribution in [1.82, 2.24) is 5.32 Å². The fraction of sp³-hybridized carbons (Fsp3) is 0.636. The molecule has 1 rings (SSSR count). The molecule has 1 aromatic rings. The van der Waals surface area contributed by atoms with Crippen molar-refractivity contribution in [2.45, 2.75) is 45.9 Å². The highest BCUT2D eigenvalue weighted by atomic mass is 16.3. The van der Waals surface area contributed by atoms with Gasteiger partial charge in [0.2, 0.25) is 0 Å². The largest absolute Gasteiger partial charge is 0.465 e. The number of nitrogens with one attached hydrogen (secondary N) is 1. The fourth-order valence-electron chi connectivity index (χ4n) is 1.04. The molecule has 1 heterocycles. The van der Waals surface area contributed by atoms with E-state index in [1.54, 1.807) is 6.92 Å². The lowest BCUT2D eigenvalue weighted by Gasteiger charge is -2.29. The van der Waals surface area contributed by atoms with Gasteiger partial charge in [-0.1, -0.05) is 0 Å². The van der Waals surface area contributed by atoms with Crippen molar-refractivity contribution < 1.29 is 9.52 Å². The maximum absolute atomic E-state index is 9.47. The maximum Gasteiger partial charge on any atom is 0.117 e. The van der Waals surface area contributed by atoms with Crippen molar-refractivity contribution in [3.05, 3.63) is 23.7 Å². The van der Waals surface area contributed by atoms with Crippen molar-refractivity contribution >= 4 is 0 Å². The van der Waals surface area contributed by atoms with Crippen LogP contribution >= 0.6 is 0 Å². The molecule has 80 valence electrons. The highest BCUT2D eigenvalue weighted by Crippen LogP contribution is 2.11. The van der Waals surface area contributed by atoms with Crippen LogP contribution in [0.1, 0.15) is 32.3 Å². The molecule has 0 bridgehead atoms. The Balaban J connectivity index is 2.48. The fourth-order valence-corrected chi connectivity index (χ4v) is 1.04. The first kappa shape index (κ1) is 11.3. The predicted molar refractivity (Wildman–Crippen MR) is 56.0 cm³/mol. The summed E-state index contributed by atoms with van der Waals surface area (Å²) < 4.78 is 5.41. The Hall–Kier alpha value is -0.800.